The second-order valence-corrected chi connectivity index (χ2v) is 9.79. The number of benzene rings is 2. The topological polar surface area (TPSA) is 76.2 Å². The van der Waals surface area contributed by atoms with Gasteiger partial charge in [0.25, 0.3) is 5.91 Å². The number of aryl methyl sites for hydroxylation is 2. The fourth-order valence-electron chi connectivity index (χ4n) is 3.67. The van der Waals surface area contributed by atoms with Gasteiger partial charge < -0.3 is 14.4 Å². The van der Waals surface area contributed by atoms with Crippen molar-refractivity contribution in [2.45, 2.75) is 31.6 Å². The smallest absolute Gasteiger partial charge is 0.253 e. The molecule has 32 heavy (non-hydrogen) atoms. The van der Waals surface area contributed by atoms with Crippen molar-refractivity contribution in [3.05, 3.63) is 59.2 Å². The number of hydrogen-bond donors (Lipinski definition) is 0. The van der Waals surface area contributed by atoms with Crippen molar-refractivity contribution in [1.29, 1.82) is 0 Å². The highest BCUT2D eigenvalue weighted by atomic mass is 32.2. The molecule has 0 aliphatic carbocycles. The van der Waals surface area contributed by atoms with Gasteiger partial charge in [0.05, 0.1) is 24.7 Å². The number of carbonyl (C=O) groups is 1. The predicted molar refractivity (Wildman–Crippen MR) is 124 cm³/mol. The Hall–Kier alpha value is -2.42. The van der Waals surface area contributed by atoms with Crippen molar-refractivity contribution in [2.75, 3.05) is 46.5 Å². The lowest BCUT2D eigenvalue weighted by molar-refractivity contribution is 0.0730. The van der Waals surface area contributed by atoms with Crippen LogP contribution in [0.3, 0.4) is 0 Å². The largest absolute Gasteiger partial charge is 0.493 e. The SMILES string of the molecule is CCc1ccc(C(=O)N(C)CCCOc2ccccc2C)cc1S(=O)(=O)N1CCOCC1. The summed E-state index contributed by atoms with van der Waals surface area (Å²) in [6, 6.07) is 12.8. The zero-order valence-electron chi connectivity index (χ0n) is 19.0. The zero-order valence-corrected chi connectivity index (χ0v) is 19.9. The van der Waals surface area contributed by atoms with Crippen LogP contribution in [0.2, 0.25) is 0 Å². The average molecular weight is 461 g/mol. The van der Waals surface area contributed by atoms with Crippen LogP contribution in [0.5, 0.6) is 5.75 Å². The van der Waals surface area contributed by atoms with Crippen molar-refractivity contribution in [3.63, 3.8) is 0 Å². The molecule has 8 heteroatoms. The van der Waals surface area contributed by atoms with Gasteiger partial charge in [0.15, 0.2) is 0 Å². The molecule has 2 aromatic rings. The molecule has 0 atom stereocenters. The van der Waals surface area contributed by atoms with Gasteiger partial charge in [0.1, 0.15) is 5.75 Å². The predicted octanol–water partition coefficient (Wildman–Crippen LogP) is 3.12. The van der Waals surface area contributed by atoms with Gasteiger partial charge >= 0.3 is 0 Å². The summed E-state index contributed by atoms with van der Waals surface area (Å²) in [7, 11) is -1.96. The summed E-state index contributed by atoms with van der Waals surface area (Å²) < 4.78 is 38.9. The molecule has 1 heterocycles. The molecule has 0 unspecified atom stereocenters. The van der Waals surface area contributed by atoms with Gasteiger partial charge in [-0.2, -0.15) is 4.31 Å². The van der Waals surface area contributed by atoms with Gasteiger partial charge in [-0.05, 0) is 49.1 Å². The molecule has 2 aromatic carbocycles. The Labute approximate surface area is 191 Å². The first-order valence-corrected chi connectivity index (χ1v) is 12.4. The maximum atomic E-state index is 13.2. The first kappa shape index (κ1) is 24.2. The molecule has 0 bridgehead atoms. The van der Waals surface area contributed by atoms with Gasteiger partial charge in [0, 0.05) is 32.2 Å². The Kier molecular flexibility index (Phi) is 8.28. The summed E-state index contributed by atoms with van der Waals surface area (Å²) in [5, 5.41) is 0. The molecule has 0 saturated carbocycles. The molecule has 1 fully saturated rings. The number of amides is 1. The van der Waals surface area contributed by atoms with Crippen LogP contribution in [0, 0.1) is 6.92 Å². The van der Waals surface area contributed by atoms with E-state index in [4.69, 9.17) is 9.47 Å². The fourth-order valence-corrected chi connectivity index (χ4v) is 5.40. The third-order valence-corrected chi connectivity index (χ3v) is 7.60. The number of rotatable bonds is 9. The van der Waals surface area contributed by atoms with Gasteiger partial charge in [0.2, 0.25) is 10.0 Å². The second-order valence-electron chi connectivity index (χ2n) is 7.89. The van der Waals surface area contributed by atoms with Crippen molar-refractivity contribution in [1.82, 2.24) is 9.21 Å². The van der Waals surface area contributed by atoms with E-state index < -0.39 is 10.0 Å². The number of ether oxygens (including phenoxy) is 2. The molecule has 1 aliphatic heterocycles. The van der Waals surface area contributed by atoms with Crippen molar-refractivity contribution in [2.24, 2.45) is 0 Å². The number of hydrogen-bond acceptors (Lipinski definition) is 5. The van der Waals surface area contributed by atoms with Crippen LogP contribution in [0.15, 0.2) is 47.4 Å². The number of nitrogens with zero attached hydrogens (tertiary/aromatic N) is 2. The first-order valence-electron chi connectivity index (χ1n) is 11.0. The third kappa shape index (κ3) is 5.68. The van der Waals surface area contributed by atoms with E-state index in [1.54, 1.807) is 24.1 Å². The lowest BCUT2D eigenvalue weighted by atomic mass is 10.1. The lowest BCUT2D eigenvalue weighted by Crippen LogP contribution is -2.41. The minimum absolute atomic E-state index is 0.207. The van der Waals surface area contributed by atoms with E-state index in [9.17, 15) is 13.2 Å². The molecular formula is C24H32N2O5S. The van der Waals surface area contributed by atoms with Crippen LogP contribution in [0.4, 0.5) is 0 Å². The second kappa shape index (κ2) is 10.9. The first-order chi connectivity index (χ1) is 15.3. The molecule has 3 rings (SSSR count). The van der Waals surface area contributed by atoms with E-state index in [1.165, 1.54) is 10.4 Å². The number of sulfonamides is 1. The minimum atomic E-state index is -3.68. The quantitative estimate of drug-likeness (QED) is 0.538. The molecule has 0 aromatic heterocycles. The summed E-state index contributed by atoms with van der Waals surface area (Å²) in [4.78, 5) is 14.8. The Morgan fingerprint density at radius 3 is 2.56 bits per heavy atom. The molecule has 0 spiro atoms. The summed E-state index contributed by atoms with van der Waals surface area (Å²) in [5.41, 5.74) is 2.15. The van der Waals surface area contributed by atoms with Crippen LogP contribution in [-0.2, 0) is 21.2 Å². The molecule has 0 N–H and O–H groups in total. The number of carbonyl (C=O) groups excluding carboxylic acids is 1. The molecule has 0 radical (unpaired) electrons. The van der Waals surface area contributed by atoms with Gasteiger partial charge in [-0.3, -0.25) is 4.79 Å². The van der Waals surface area contributed by atoms with E-state index in [-0.39, 0.29) is 10.8 Å². The number of morpholine rings is 1. The van der Waals surface area contributed by atoms with Crippen molar-refractivity contribution >= 4 is 15.9 Å². The lowest BCUT2D eigenvalue weighted by Gasteiger charge is -2.27. The van der Waals surface area contributed by atoms with E-state index >= 15 is 0 Å². The van der Waals surface area contributed by atoms with E-state index in [1.807, 2.05) is 38.1 Å². The summed E-state index contributed by atoms with van der Waals surface area (Å²) in [6.07, 6.45) is 1.24. The number of para-hydroxylation sites is 1. The molecule has 1 amide bonds. The van der Waals surface area contributed by atoms with Crippen LogP contribution in [-0.4, -0.2) is 70.0 Å². The van der Waals surface area contributed by atoms with Crippen LogP contribution < -0.4 is 4.74 Å². The average Bonchev–Trinajstić information content (AvgIpc) is 2.82. The molecule has 174 valence electrons. The maximum absolute atomic E-state index is 13.2. The van der Waals surface area contributed by atoms with Crippen LogP contribution >= 0.6 is 0 Å². The summed E-state index contributed by atoms with van der Waals surface area (Å²) in [6.45, 7) is 6.32. The van der Waals surface area contributed by atoms with Crippen molar-refractivity contribution in [3.8, 4) is 5.75 Å². The monoisotopic (exact) mass is 460 g/mol. The van der Waals surface area contributed by atoms with Gasteiger partial charge in [-0.1, -0.05) is 31.2 Å². The highest BCUT2D eigenvalue weighted by Gasteiger charge is 2.29. The third-order valence-electron chi connectivity index (χ3n) is 5.62. The minimum Gasteiger partial charge on any atom is -0.493 e. The van der Waals surface area contributed by atoms with E-state index in [0.717, 1.165) is 11.3 Å². The van der Waals surface area contributed by atoms with Gasteiger partial charge in [-0.15, -0.1) is 0 Å². The zero-order chi connectivity index (χ0) is 23.1. The maximum Gasteiger partial charge on any atom is 0.253 e. The molecule has 1 aliphatic rings. The summed E-state index contributed by atoms with van der Waals surface area (Å²) >= 11 is 0. The Morgan fingerprint density at radius 1 is 1.16 bits per heavy atom. The molecule has 1 saturated heterocycles. The summed E-state index contributed by atoms with van der Waals surface area (Å²) in [5.74, 6) is 0.636. The van der Waals surface area contributed by atoms with Crippen LogP contribution in [0.25, 0.3) is 0 Å². The van der Waals surface area contributed by atoms with Crippen molar-refractivity contribution < 1.29 is 22.7 Å². The Morgan fingerprint density at radius 2 is 1.88 bits per heavy atom. The highest BCUT2D eigenvalue weighted by Crippen LogP contribution is 2.24. The molecule has 7 nitrogen and oxygen atoms in total. The highest BCUT2D eigenvalue weighted by molar-refractivity contribution is 7.89. The van der Waals surface area contributed by atoms with Gasteiger partial charge in [-0.25, -0.2) is 8.42 Å². The standard InChI is InChI=1S/C24H32N2O5S/c1-4-20-10-11-21(18-23(20)32(28,29)26-13-16-30-17-14-26)24(27)25(3)12-7-15-31-22-9-6-5-8-19(22)2/h5-6,8-11,18H,4,7,12-17H2,1-3H3. The van der Waals surface area contributed by atoms with Crippen LogP contribution in [0.1, 0.15) is 34.8 Å². The molecular weight excluding hydrogens is 428 g/mol. The fraction of sp³-hybridized carbons (Fsp3) is 0.458. The van der Waals surface area contributed by atoms with E-state index in [0.29, 0.717) is 63.4 Å². The normalized spacial score (nSPS) is 14.8. The van der Waals surface area contributed by atoms with E-state index in [2.05, 4.69) is 0 Å². The Bertz CT molecular complexity index is 1030. The Balaban J connectivity index is 1.66.